The minimum absolute atomic E-state index is 0.0564. The minimum Gasteiger partial charge on any atom is -0.279 e. The normalized spacial score (nSPS) is 17.4. The number of fused-ring (bicyclic) bond motifs is 3. The molecule has 276 valence electrons. The summed E-state index contributed by atoms with van der Waals surface area (Å²) < 4.78 is 0. The fourth-order valence-corrected chi connectivity index (χ4v) is 8.97. The van der Waals surface area contributed by atoms with E-state index in [9.17, 15) is 0 Å². The summed E-state index contributed by atoms with van der Waals surface area (Å²) in [5.41, 5.74) is 13.5. The van der Waals surface area contributed by atoms with Crippen LogP contribution in [-0.4, -0.2) is 11.9 Å². The molecule has 3 nitrogen and oxygen atoms in total. The Morgan fingerprint density at radius 2 is 0.877 bits per heavy atom. The zero-order chi connectivity index (χ0) is 38.5. The van der Waals surface area contributed by atoms with Gasteiger partial charge in [0.15, 0.2) is 0 Å². The first-order valence-electron chi connectivity index (χ1n) is 20.0. The second kappa shape index (κ2) is 14.6. The molecule has 0 bridgehead atoms. The van der Waals surface area contributed by atoms with Crippen molar-refractivity contribution in [1.82, 2.24) is 15.5 Å². The maximum Gasteiger partial charge on any atom is 0.0888 e. The number of hydrogen-bond donors (Lipinski definition) is 2. The third-order valence-electron chi connectivity index (χ3n) is 11.8. The van der Waals surface area contributed by atoms with Gasteiger partial charge in [-0.3, -0.25) is 15.5 Å². The van der Waals surface area contributed by atoms with Crippen LogP contribution in [0.25, 0.3) is 65.7 Å². The number of nitrogens with one attached hydrogen (secondary N) is 2. The van der Waals surface area contributed by atoms with E-state index in [1.54, 1.807) is 0 Å². The standard InChI is InChI=1S/C54H45N3/c1-35-27-36(2)29-46(28-35)39-19-21-40(22-20-39)47-32-48(51-18-10-16-41-13-8-9-17-50(41)51)34-49(33-47)54-56-52(44-25-23-37-11-4-6-14-42(37)30-44)55-53(57(54)3)45-26-24-38-12-5-7-15-43(38)31-45/h4-34,52-56H,1-3H3. The number of benzene rings is 9. The third kappa shape index (κ3) is 6.81. The van der Waals surface area contributed by atoms with Gasteiger partial charge in [0, 0.05) is 0 Å². The van der Waals surface area contributed by atoms with E-state index in [-0.39, 0.29) is 18.5 Å². The fourth-order valence-electron chi connectivity index (χ4n) is 8.97. The molecule has 0 amide bonds. The summed E-state index contributed by atoms with van der Waals surface area (Å²) >= 11 is 0. The van der Waals surface area contributed by atoms with Crippen LogP contribution in [0.1, 0.15) is 46.3 Å². The molecule has 1 aliphatic heterocycles. The highest BCUT2D eigenvalue weighted by molar-refractivity contribution is 5.97. The largest absolute Gasteiger partial charge is 0.279 e. The van der Waals surface area contributed by atoms with Gasteiger partial charge in [-0.05, 0) is 134 Å². The summed E-state index contributed by atoms with van der Waals surface area (Å²) in [6.45, 7) is 4.35. The summed E-state index contributed by atoms with van der Waals surface area (Å²) in [6, 6.07) is 69.4. The predicted molar refractivity (Wildman–Crippen MR) is 240 cm³/mol. The number of hydrogen-bond acceptors (Lipinski definition) is 3. The van der Waals surface area contributed by atoms with Crippen molar-refractivity contribution in [3.05, 3.63) is 216 Å². The Balaban J connectivity index is 1.12. The van der Waals surface area contributed by atoms with Crippen LogP contribution >= 0.6 is 0 Å². The minimum atomic E-state index is -0.109. The van der Waals surface area contributed by atoms with Crippen molar-refractivity contribution >= 4 is 32.3 Å². The molecular weight excluding hydrogens is 691 g/mol. The van der Waals surface area contributed by atoms with Gasteiger partial charge in [-0.1, -0.05) is 169 Å². The van der Waals surface area contributed by atoms with Crippen molar-refractivity contribution in [2.75, 3.05) is 7.05 Å². The molecule has 0 spiro atoms. The van der Waals surface area contributed by atoms with E-state index in [4.69, 9.17) is 0 Å². The van der Waals surface area contributed by atoms with Gasteiger partial charge < -0.3 is 0 Å². The lowest BCUT2D eigenvalue weighted by Gasteiger charge is -2.46. The van der Waals surface area contributed by atoms with Crippen LogP contribution in [0.3, 0.4) is 0 Å². The summed E-state index contributed by atoms with van der Waals surface area (Å²) in [5, 5.41) is 15.6. The van der Waals surface area contributed by atoms with E-state index in [1.807, 2.05) is 0 Å². The van der Waals surface area contributed by atoms with Crippen LogP contribution in [0.5, 0.6) is 0 Å². The number of aryl methyl sites for hydroxylation is 2. The maximum absolute atomic E-state index is 4.09. The zero-order valence-electron chi connectivity index (χ0n) is 32.6. The molecule has 2 N–H and O–H groups in total. The maximum atomic E-state index is 4.09. The van der Waals surface area contributed by atoms with Crippen LogP contribution in [0.2, 0.25) is 0 Å². The topological polar surface area (TPSA) is 27.3 Å². The Hall–Kier alpha value is -6.36. The smallest absolute Gasteiger partial charge is 0.0888 e. The van der Waals surface area contributed by atoms with Crippen LogP contribution in [0, 0.1) is 13.8 Å². The van der Waals surface area contributed by atoms with E-state index < -0.39 is 0 Å². The Kier molecular flexibility index (Phi) is 9.00. The van der Waals surface area contributed by atoms with Crippen LogP contribution in [0.4, 0.5) is 0 Å². The van der Waals surface area contributed by atoms with Crippen molar-refractivity contribution in [3.63, 3.8) is 0 Å². The molecule has 1 heterocycles. The van der Waals surface area contributed by atoms with Crippen LogP contribution < -0.4 is 10.6 Å². The first-order chi connectivity index (χ1) is 27.9. The van der Waals surface area contributed by atoms with Gasteiger partial charge in [-0.2, -0.15) is 0 Å². The molecule has 1 aliphatic rings. The molecule has 0 saturated carbocycles. The fraction of sp³-hybridized carbons (Fsp3) is 0.111. The number of nitrogens with zero attached hydrogens (tertiary/aromatic N) is 1. The van der Waals surface area contributed by atoms with Gasteiger partial charge in [-0.15, -0.1) is 0 Å². The molecule has 3 heteroatoms. The second-order valence-electron chi connectivity index (χ2n) is 15.8. The molecule has 9 aromatic carbocycles. The van der Waals surface area contributed by atoms with Crippen molar-refractivity contribution in [2.24, 2.45) is 0 Å². The lowest BCUT2D eigenvalue weighted by molar-refractivity contribution is 0.0417. The van der Waals surface area contributed by atoms with Crippen molar-refractivity contribution < 1.29 is 0 Å². The van der Waals surface area contributed by atoms with Gasteiger partial charge >= 0.3 is 0 Å². The highest BCUT2D eigenvalue weighted by atomic mass is 15.4. The molecule has 0 aliphatic carbocycles. The van der Waals surface area contributed by atoms with Crippen molar-refractivity contribution in [1.29, 1.82) is 0 Å². The Bertz CT molecular complexity index is 2900. The molecule has 1 saturated heterocycles. The molecule has 1 fully saturated rings. The SMILES string of the molecule is Cc1cc(C)cc(-c2ccc(-c3cc(-c4cccc5ccccc45)cc(C4NC(c5ccc6ccccc6c5)NC(c5ccc6ccccc6c5)N4C)c3)cc2)c1. The Labute approximate surface area is 335 Å². The average molecular weight is 736 g/mol. The van der Waals surface area contributed by atoms with Gasteiger partial charge in [0.2, 0.25) is 0 Å². The van der Waals surface area contributed by atoms with Crippen molar-refractivity contribution in [2.45, 2.75) is 32.3 Å². The monoisotopic (exact) mass is 735 g/mol. The lowest BCUT2D eigenvalue weighted by Crippen LogP contribution is -2.54. The summed E-state index contributed by atoms with van der Waals surface area (Å²) in [7, 11) is 2.24. The second-order valence-corrected chi connectivity index (χ2v) is 15.8. The Morgan fingerprint density at radius 3 is 1.54 bits per heavy atom. The highest BCUT2D eigenvalue weighted by Crippen LogP contribution is 2.40. The van der Waals surface area contributed by atoms with Gasteiger partial charge in [0.1, 0.15) is 0 Å². The molecule has 57 heavy (non-hydrogen) atoms. The zero-order valence-corrected chi connectivity index (χ0v) is 32.6. The van der Waals surface area contributed by atoms with Crippen LogP contribution in [-0.2, 0) is 0 Å². The highest BCUT2D eigenvalue weighted by Gasteiger charge is 2.35. The summed E-state index contributed by atoms with van der Waals surface area (Å²) in [5.74, 6) is 0. The Morgan fingerprint density at radius 1 is 0.368 bits per heavy atom. The van der Waals surface area contributed by atoms with E-state index in [2.05, 4.69) is 224 Å². The van der Waals surface area contributed by atoms with E-state index in [0.29, 0.717) is 0 Å². The predicted octanol–water partition coefficient (Wildman–Crippen LogP) is 13.3. The molecule has 0 aromatic heterocycles. The first kappa shape index (κ1) is 35.1. The lowest BCUT2D eigenvalue weighted by atomic mass is 9.91. The van der Waals surface area contributed by atoms with Gasteiger partial charge in [-0.25, -0.2) is 0 Å². The summed E-state index contributed by atoms with van der Waals surface area (Å²) in [6.07, 6.45) is -0.268. The molecule has 0 radical (unpaired) electrons. The molecule has 10 rings (SSSR count). The average Bonchev–Trinajstić information content (AvgIpc) is 3.25. The van der Waals surface area contributed by atoms with E-state index >= 15 is 0 Å². The quantitative estimate of drug-likeness (QED) is 0.178. The van der Waals surface area contributed by atoms with E-state index in [1.165, 1.54) is 93.5 Å². The van der Waals surface area contributed by atoms with Crippen LogP contribution in [0.15, 0.2) is 188 Å². The first-order valence-corrected chi connectivity index (χ1v) is 20.0. The van der Waals surface area contributed by atoms with E-state index in [0.717, 1.165) is 0 Å². The third-order valence-corrected chi connectivity index (χ3v) is 11.8. The molecule has 3 atom stereocenters. The van der Waals surface area contributed by atoms with Gasteiger partial charge in [0.05, 0.1) is 18.5 Å². The molecule has 9 aromatic rings. The van der Waals surface area contributed by atoms with Crippen molar-refractivity contribution in [3.8, 4) is 33.4 Å². The molecular formula is C54H45N3. The molecule has 3 unspecified atom stereocenters. The van der Waals surface area contributed by atoms with Gasteiger partial charge in [0.25, 0.3) is 0 Å². The number of rotatable bonds is 6. The summed E-state index contributed by atoms with van der Waals surface area (Å²) in [4.78, 5) is 2.46.